The fourth-order valence-corrected chi connectivity index (χ4v) is 2.72. The second-order valence-electron chi connectivity index (χ2n) is 5.96. The third-order valence-corrected chi connectivity index (χ3v) is 3.95. The summed E-state index contributed by atoms with van der Waals surface area (Å²) in [5, 5.41) is 3.56. The highest BCUT2D eigenvalue weighted by molar-refractivity contribution is 5.55. The summed E-state index contributed by atoms with van der Waals surface area (Å²) < 4.78 is 11.2. The van der Waals surface area contributed by atoms with E-state index < -0.39 is 0 Å². The largest absolute Gasteiger partial charge is 0.486 e. The molecule has 1 atom stereocenters. The summed E-state index contributed by atoms with van der Waals surface area (Å²) in [5.74, 6) is 1.72. The number of rotatable bonds is 9. The van der Waals surface area contributed by atoms with E-state index in [0.29, 0.717) is 19.3 Å². The van der Waals surface area contributed by atoms with Crippen LogP contribution in [0.3, 0.4) is 0 Å². The SMILES string of the molecule is CCCCCCCCC(C)Nc1ccc2c(c1)OCCO2. The lowest BCUT2D eigenvalue weighted by molar-refractivity contribution is 0.171. The molecule has 1 unspecified atom stereocenters. The van der Waals surface area contributed by atoms with Crippen LogP contribution in [0.25, 0.3) is 0 Å². The van der Waals surface area contributed by atoms with Crippen LogP contribution in [0.15, 0.2) is 18.2 Å². The van der Waals surface area contributed by atoms with Gasteiger partial charge in [-0.3, -0.25) is 0 Å². The average molecular weight is 291 g/mol. The predicted molar refractivity (Wildman–Crippen MR) is 88.5 cm³/mol. The highest BCUT2D eigenvalue weighted by atomic mass is 16.6. The van der Waals surface area contributed by atoms with Gasteiger partial charge in [0.1, 0.15) is 13.2 Å². The Morgan fingerprint density at radius 2 is 1.71 bits per heavy atom. The van der Waals surface area contributed by atoms with Crippen LogP contribution in [0.5, 0.6) is 11.5 Å². The summed E-state index contributed by atoms with van der Waals surface area (Å²) in [6.45, 7) is 5.81. The molecule has 118 valence electrons. The van der Waals surface area contributed by atoms with Crippen molar-refractivity contribution < 1.29 is 9.47 Å². The lowest BCUT2D eigenvalue weighted by Gasteiger charge is -2.21. The fourth-order valence-electron chi connectivity index (χ4n) is 2.72. The maximum Gasteiger partial charge on any atom is 0.163 e. The molecule has 0 saturated carbocycles. The molecule has 1 heterocycles. The number of unbranched alkanes of at least 4 members (excludes halogenated alkanes) is 5. The standard InChI is InChI=1S/C18H29NO2/c1-3-4-5-6-7-8-9-15(2)19-16-10-11-17-18(14-16)21-13-12-20-17/h10-11,14-15,19H,3-9,12-13H2,1-2H3. The minimum absolute atomic E-state index is 0.499. The van der Waals surface area contributed by atoms with Crippen LogP contribution in [-0.4, -0.2) is 19.3 Å². The number of benzene rings is 1. The molecule has 3 nitrogen and oxygen atoms in total. The molecule has 21 heavy (non-hydrogen) atoms. The summed E-state index contributed by atoms with van der Waals surface area (Å²) in [4.78, 5) is 0. The van der Waals surface area contributed by atoms with Crippen molar-refractivity contribution in [2.75, 3.05) is 18.5 Å². The van der Waals surface area contributed by atoms with E-state index in [1.807, 2.05) is 12.1 Å². The van der Waals surface area contributed by atoms with E-state index in [0.717, 1.165) is 17.2 Å². The Labute approximate surface area is 129 Å². The third-order valence-electron chi connectivity index (χ3n) is 3.95. The molecule has 0 saturated heterocycles. The molecule has 0 fully saturated rings. The van der Waals surface area contributed by atoms with Crippen LogP contribution >= 0.6 is 0 Å². The Hall–Kier alpha value is -1.38. The Bertz CT molecular complexity index is 420. The van der Waals surface area contributed by atoms with Crippen LogP contribution in [0.2, 0.25) is 0 Å². The van der Waals surface area contributed by atoms with E-state index in [-0.39, 0.29) is 0 Å². The Morgan fingerprint density at radius 1 is 1.00 bits per heavy atom. The number of ether oxygens (including phenoxy) is 2. The highest BCUT2D eigenvalue weighted by Gasteiger charge is 2.12. The van der Waals surface area contributed by atoms with E-state index in [1.165, 1.54) is 44.9 Å². The van der Waals surface area contributed by atoms with Gasteiger partial charge in [-0.2, -0.15) is 0 Å². The first kappa shape index (κ1) is 16.0. The van der Waals surface area contributed by atoms with Gasteiger partial charge in [0.05, 0.1) is 0 Å². The maximum atomic E-state index is 5.62. The van der Waals surface area contributed by atoms with Gasteiger partial charge in [-0.25, -0.2) is 0 Å². The second-order valence-corrected chi connectivity index (χ2v) is 5.96. The normalized spacial score (nSPS) is 14.8. The summed E-state index contributed by atoms with van der Waals surface area (Å²) in [6.07, 6.45) is 9.36. The van der Waals surface area contributed by atoms with E-state index in [9.17, 15) is 0 Å². The van der Waals surface area contributed by atoms with Gasteiger partial charge in [0.15, 0.2) is 11.5 Å². The molecule has 0 bridgehead atoms. The van der Waals surface area contributed by atoms with Crippen LogP contribution in [0.1, 0.15) is 58.8 Å². The number of hydrogen-bond acceptors (Lipinski definition) is 3. The Morgan fingerprint density at radius 3 is 2.52 bits per heavy atom. The van der Waals surface area contributed by atoms with Crippen molar-refractivity contribution in [3.63, 3.8) is 0 Å². The quantitative estimate of drug-likeness (QED) is 0.649. The zero-order valence-electron chi connectivity index (χ0n) is 13.5. The zero-order valence-corrected chi connectivity index (χ0v) is 13.5. The monoisotopic (exact) mass is 291 g/mol. The van der Waals surface area contributed by atoms with Gasteiger partial charge in [-0.15, -0.1) is 0 Å². The van der Waals surface area contributed by atoms with E-state index >= 15 is 0 Å². The van der Waals surface area contributed by atoms with Crippen molar-refractivity contribution in [1.29, 1.82) is 0 Å². The Balaban J connectivity index is 1.69. The van der Waals surface area contributed by atoms with Gasteiger partial charge in [0.2, 0.25) is 0 Å². The number of hydrogen-bond donors (Lipinski definition) is 1. The summed E-state index contributed by atoms with van der Waals surface area (Å²) in [7, 11) is 0. The molecule has 0 aliphatic carbocycles. The smallest absolute Gasteiger partial charge is 0.163 e. The first-order valence-electron chi connectivity index (χ1n) is 8.46. The molecule has 0 aromatic heterocycles. The van der Waals surface area contributed by atoms with Gasteiger partial charge >= 0.3 is 0 Å². The fraction of sp³-hybridized carbons (Fsp3) is 0.667. The first-order valence-corrected chi connectivity index (χ1v) is 8.46. The van der Waals surface area contributed by atoms with Gasteiger partial charge < -0.3 is 14.8 Å². The van der Waals surface area contributed by atoms with Crippen molar-refractivity contribution in [2.24, 2.45) is 0 Å². The van der Waals surface area contributed by atoms with E-state index in [1.54, 1.807) is 0 Å². The molecular formula is C18H29NO2. The average Bonchev–Trinajstić information content (AvgIpc) is 2.50. The van der Waals surface area contributed by atoms with Crippen molar-refractivity contribution in [3.05, 3.63) is 18.2 Å². The molecule has 0 spiro atoms. The minimum Gasteiger partial charge on any atom is -0.486 e. The minimum atomic E-state index is 0.499. The van der Waals surface area contributed by atoms with Gasteiger partial charge in [0, 0.05) is 17.8 Å². The van der Waals surface area contributed by atoms with Gasteiger partial charge in [-0.05, 0) is 25.5 Å². The summed E-state index contributed by atoms with van der Waals surface area (Å²) >= 11 is 0. The lowest BCUT2D eigenvalue weighted by Crippen LogP contribution is -2.17. The topological polar surface area (TPSA) is 30.5 Å². The van der Waals surface area contributed by atoms with Crippen LogP contribution in [-0.2, 0) is 0 Å². The lowest BCUT2D eigenvalue weighted by atomic mass is 10.1. The molecule has 1 N–H and O–H groups in total. The highest BCUT2D eigenvalue weighted by Crippen LogP contribution is 2.32. The number of fused-ring (bicyclic) bond motifs is 1. The molecule has 0 radical (unpaired) electrons. The second kappa shape index (κ2) is 8.81. The van der Waals surface area contributed by atoms with Crippen LogP contribution < -0.4 is 14.8 Å². The predicted octanol–water partition coefficient (Wildman–Crippen LogP) is 5.01. The van der Waals surface area contributed by atoms with Crippen molar-refractivity contribution in [1.82, 2.24) is 0 Å². The molecular weight excluding hydrogens is 262 g/mol. The zero-order chi connectivity index (χ0) is 14.9. The molecule has 1 aliphatic heterocycles. The van der Waals surface area contributed by atoms with Crippen LogP contribution in [0.4, 0.5) is 5.69 Å². The van der Waals surface area contributed by atoms with Gasteiger partial charge in [0.25, 0.3) is 0 Å². The van der Waals surface area contributed by atoms with Crippen LogP contribution in [0, 0.1) is 0 Å². The van der Waals surface area contributed by atoms with E-state index in [2.05, 4.69) is 25.2 Å². The molecule has 1 aromatic carbocycles. The first-order chi connectivity index (χ1) is 10.3. The maximum absolute atomic E-state index is 5.62. The molecule has 3 heteroatoms. The van der Waals surface area contributed by atoms with Crippen molar-refractivity contribution >= 4 is 5.69 Å². The third kappa shape index (κ3) is 5.49. The van der Waals surface area contributed by atoms with Crippen molar-refractivity contribution in [3.8, 4) is 11.5 Å². The number of anilines is 1. The summed E-state index contributed by atoms with van der Waals surface area (Å²) in [6, 6.07) is 6.62. The summed E-state index contributed by atoms with van der Waals surface area (Å²) in [5.41, 5.74) is 1.12. The number of nitrogens with one attached hydrogen (secondary N) is 1. The molecule has 1 aromatic rings. The van der Waals surface area contributed by atoms with E-state index in [4.69, 9.17) is 9.47 Å². The Kier molecular flexibility index (Phi) is 6.71. The molecule has 2 rings (SSSR count). The molecule has 1 aliphatic rings. The molecule has 0 amide bonds. The van der Waals surface area contributed by atoms with Gasteiger partial charge in [-0.1, -0.05) is 45.4 Å². The van der Waals surface area contributed by atoms with Crippen molar-refractivity contribution in [2.45, 2.75) is 64.8 Å².